The summed E-state index contributed by atoms with van der Waals surface area (Å²) in [6, 6.07) is 4.90. The number of hydrogen-bond donors (Lipinski definition) is 1. The quantitative estimate of drug-likeness (QED) is 0.577. The summed E-state index contributed by atoms with van der Waals surface area (Å²) in [5.74, 6) is 0.333. The molecule has 10 nitrogen and oxygen atoms in total. The zero-order valence-electron chi connectivity index (χ0n) is 18.8. The molecular weight excluding hydrogens is 434 g/mol. The molecule has 1 aliphatic heterocycles. The molecular formula is C21H31N5O5S. The predicted molar refractivity (Wildman–Crippen MR) is 120 cm³/mol. The summed E-state index contributed by atoms with van der Waals surface area (Å²) in [4.78, 5) is 30.6. The first-order valence-electron chi connectivity index (χ1n) is 10.9. The van der Waals surface area contributed by atoms with Crippen LogP contribution in [0.2, 0.25) is 0 Å². The largest absolute Gasteiger partial charge is 0.379 e. The second kappa shape index (κ2) is 10.4. The van der Waals surface area contributed by atoms with E-state index in [1.54, 1.807) is 23.1 Å². The lowest BCUT2D eigenvalue weighted by Crippen LogP contribution is -2.40. The molecule has 0 radical (unpaired) electrons. The molecule has 0 aliphatic carbocycles. The zero-order chi connectivity index (χ0) is 23.3. The fourth-order valence-electron chi connectivity index (χ4n) is 3.73. The number of ether oxygens (including phenoxy) is 1. The van der Waals surface area contributed by atoms with E-state index in [1.807, 2.05) is 25.5 Å². The number of sulfonamides is 1. The topological polar surface area (TPSA) is 114 Å². The zero-order valence-corrected chi connectivity index (χ0v) is 19.7. The Labute approximate surface area is 188 Å². The van der Waals surface area contributed by atoms with Crippen molar-refractivity contribution >= 4 is 32.9 Å². The van der Waals surface area contributed by atoms with Crippen molar-refractivity contribution in [2.45, 2.75) is 31.6 Å². The molecule has 11 heteroatoms. The molecule has 1 N–H and O–H groups in total. The molecule has 1 saturated heterocycles. The number of rotatable bonds is 9. The molecule has 1 fully saturated rings. The second-order valence-electron chi connectivity index (χ2n) is 7.60. The number of amides is 2. The average Bonchev–Trinajstić information content (AvgIpc) is 3.12. The maximum absolute atomic E-state index is 12.9. The van der Waals surface area contributed by atoms with Crippen LogP contribution in [0.1, 0.15) is 26.1 Å². The van der Waals surface area contributed by atoms with E-state index in [0.29, 0.717) is 57.2 Å². The van der Waals surface area contributed by atoms with Crippen molar-refractivity contribution in [3.63, 3.8) is 0 Å². The van der Waals surface area contributed by atoms with Gasteiger partial charge in [-0.3, -0.25) is 9.59 Å². The van der Waals surface area contributed by atoms with Crippen molar-refractivity contribution in [2.75, 3.05) is 45.9 Å². The van der Waals surface area contributed by atoms with Crippen molar-refractivity contribution < 1.29 is 22.7 Å². The molecule has 1 aromatic carbocycles. The highest BCUT2D eigenvalue weighted by Gasteiger charge is 2.27. The van der Waals surface area contributed by atoms with Gasteiger partial charge in [0.2, 0.25) is 21.8 Å². The number of benzene rings is 1. The molecule has 0 spiro atoms. The maximum Gasteiger partial charge on any atom is 0.243 e. The highest BCUT2D eigenvalue weighted by atomic mass is 32.2. The Balaban J connectivity index is 1.66. The lowest BCUT2D eigenvalue weighted by molar-refractivity contribution is -0.132. The van der Waals surface area contributed by atoms with E-state index in [-0.39, 0.29) is 29.7 Å². The number of aromatic nitrogens is 2. The molecule has 0 bridgehead atoms. The van der Waals surface area contributed by atoms with E-state index in [4.69, 9.17) is 4.74 Å². The second-order valence-corrected chi connectivity index (χ2v) is 9.53. The molecule has 2 heterocycles. The number of carbonyl (C=O) groups is 2. The summed E-state index contributed by atoms with van der Waals surface area (Å²) in [5.41, 5.74) is 1.35. The van der Waals surface area contributed by atoms with Crippen molar-refractivity contribution in [1.82, 2.24) is 24.1 Å². The number of hydrogen-bond acceptors (Lipinski definition) is 6. The molecule has 3 rings (SSSR count). The van der Waals surface area contributed by atoms with Gasteiger partial charge in [-0.25, -0.2) is 13.4 Å². The standard InChI is InChI=1S/C21H31N5O5S/c1-4-25(5-2)21(28)15-22-20(27)9-8-19-23-17-14-16(6-7-18(17)24(19)3)32(29,30)26-10-12-31-13-11-26/h6-7,14H,4-5,8-13,15H2,1-3H3,(H,22,27). The van der Waals surface area contributed by atoms with Gasteiger partial charge in [0, 0.05) is 46.1 Å². The Morgan fingerprint density at radius 1 is 1.19 bits per heavy atom. The van der Waals surface area contributed by atoms with Gasteiger partial charge in [0.15, 0.2) is 0 Å². The third-order valence-corrected chi connectivity index (χ3v) is 7.58. The van der Waals surface area contributed by atoms with Crippen LogP contribution in [-0.2, 0) is 37.8 Å². The maximum atomic E-state index is 12.9. The van der Waals surface area contributed by atoms with Crippen LogP contribution in [0.4, 0.5) is 0 Å². The molecule has 0 saturated carbocycles. The third-order valence-electron chi connectivity index (χ3n) is 5.68. The van der Waals surface area contributed by atoms with Crippen molar-refractivity contribution in [3.05, 3.63) is 24.0 Å². The van der Waals surface area contributed by atoms with Crippen LogP contribution < -0.4 is 5.32 Å². The van der Waals surface area contributed by atoms with E-state index in [2.05, 4.69) is 10.3 Å². The van der Waals surface area contributed by atoms with Gasteiger partial charge in [-0.1, -0.05) is 0 Å². The Hall–Kier alpha value is -2.50. The van der Waals surface area contributed by atoms with Gasteiger partial charge in [0.1, 0.15) is 5.82 Å². The molecule has 2 aromatic rings. The molecule has 32 heavy (non-hydrogen) atoms. The minimum absolute atomic E-state index is 0.0220. The first-order chi connectivity index (χ1) is 15.3. The smallest absolute Gasteiger partial charge is 0.243 e. The van der Waals surface area contributed by atoms with Gasteiger partial charge < -0.3 is 19.5 Å². The molecule has 0 unspecified atom stereocenters. The number of imidazole rings is 1. The van der Waals surface area contributed by atoms with E-state index >= 15 is 0 Å². The van der Waals surface area contributed by atoms with Crippen molar-refractivity contribution in [1.29, 1.82) is 0 Å². The van der Waals surface area contributed by atoms with Crippen LogP contribution in [0.15, 0.2) is 23.1 Å². The van der Waals surface area contributed by atoms with Gasteiger partial charge in [0.05, 0.1) is 35.7 Å². The summed E-state index contributed by atoms with van der Waals surface area (Å²) in [6.45, 7) is 6.42. The Kier molecular flexibility index (Phi) is 7.86. The van der Waals surface area contributed by atoms with Crippen LogP contribution >= 0.6 is 0 Å². The van der Waals surface area contributed by atoms with Crippen molar-refractivity contribution in [2.24, 2.45) is 7.05 Å². The SMILES string of the molecule is CCN(CC)C(=O)CNC(=O)CCc1nc2cc(S(=O)(=O)N3CCOCC3)ccc2n1C. The Morgan fingerprint density at radius 3 is 2.53 bits per heavy atom. The van der Waals surface area contributed by atoms with E-state index in [0.717, 1.165) is 5.52 Å². The van der Waals surface area contributed by atoms with E-state index in [1.165, 1.54) is 4.31 Å². The van der Waals surface area contributed by atoms with E-state index in [9.17, 15) is 18.0 Å². The summed E-state index contributed by atoms with van der Waals surface area (Å²) in [5, 5.41) is 2.66. The van der Waals surface area contributed by atoms with Crippen LogP contribution in [0.25, 0.3) is 11.0 Å². The van der Waals surface area contributed by atoms with Gasteiger partial charge in [-0.2, -0.15) is 4.31 Å². The van der Waals surface area contributed by atoms with Crippen molar-refractivity contribution in [3.8, 4) is 0 Å². The lowest BCUT2D eigenvalue weighted by Gasteiger charge is -2.26. The number of nitrogens with zero attached hydrogens (tertiary/aromatic N) is 4. The summed E-state index contributed by atoms with van der Waals surface area (Å²) in [6.07, 6.45) is 0.559. The number of morpholine rings is 1. The van der Waals surface area contributed by atoms with Crippen LogP contribution in [0.3, 0.4) is 0 Å². The number of likely N-dealkylation sites (N-methyl/N-ethyl adjacent to an activating group) is 1. The highest BCUT2D eigenvalue weighted by Crippen LogP contribution is 2.23. The Bertz CT molecular complexity index is 1070. The average molecular weight is 466 g/mol. The van der Waals surface area contributed by atoms with Gasteiger partial charge in [-0.05, 0) is 32.0 Å². The normalized spacial score (nSPS) is 15.1. The summed E-state index contributed by atoms with van der Waals surface area (Å²) >= 11 is 0. The molecule has 176 valence electrons. The first kappa shape index (κ1) is 24.1. The Morgan fingerprint density at radius 2 is 1.88 bits per heavy atom. The fourth-order valence-corrected chi connectivity index (χ4v) is 5.15. The number of aryl methyl sites for hydroxylation is 2. The number of fused-ring (bicyclic) bond motifs is 1. The lowest BCUT2D eigenvalue weighted by atomic mass is 10.3. The van der Waals surface area contributed by atoms with Crippen LogP contribution in [0, 0.1) is 0 Å². The highest BCUT2D eigenvalue weighted by molar-refractivity contribution is 7.89. The molecule has 0 atom stereocenters. The molecule has 1 aliphatic rings. The van der Waals surface area contributed by atoms with E-state index < -0.39 is 10.0 Å². The van der Waals surface area contributed by atoms with Gasteiger partial charge >= 0.3 is 0 Å². The third kappa shape index (κ3) is 5.28. The monoisotopic (exact) mass is 465 g/mol. The number of nitrogens with one attached hydrogen (secondary N) is 1. The summed E-state index contributed by atoms with van der Waals surface area (Å²) < 4.78 is 34.3. The summed E-state index contributed by atoms with van der Waals surface area (Å²) in [7, 11) is -1.77. The minimum atomic E-state index is -3.61. The van der Waals surface area contributed by atoms with Crippen LogP contribution in [0.5, 0.6) is 0 Å². The van der Waals surface area contributed by atoms with Crippen LogP contribution in [-0.4, -0.2) is 84.9 Å². The predicted octanol–water partition coefficient (Wildman–Crippen LogP) is 0.511. The minimum Gasteiger partial charge on any atom is -0.379 e. The fraction of sp³-hybridized carbons (Fsp3) is 0.571. The number of carbonyl (C=O) groups excluding carboxylic acids is 2. The molecule has 2 amide bonds. The van der Waals surface area contributed by atoms with Gasteiger partial charge in [0.25, 0.3) is 0 Å². The van der Waals surface area contributed by atoms with Gasteiger partial charge in [-0.15, -0.1) is 0 Å². The molecule has 1 aromatic heterocycles. The first-order valence-corrected chi connectivity index (χ1v) is 12.3.